The summed E-state index contributed by atoms with van der Waals surface area (Å²) in [4.78, 5) is 63.7. The minimum atomic E-state index is -4.46. The van der Waals surface area contributed by atoms with Gasteiger partial charge in [-0.15, -0.1) is 11.8 Å². The lowest BCUT2D eigenvalue weighted by Crippen LogP contribution is -2.60. The number of amides is 3. The van der Waals surface area contributed by atoms with E-state index in [-0.39, 0.29) is 71.6 Å². The summed E-state index contributed by atoms with van der Waals surface area (Å²) in [5.74, 6) is -3.04. The Morgan fingerprint density at radius 2 is 1.70 bits per heavy atom. The summed E-state index contributed by atoms with van der Waals surface area (Å²) in [6.45, 7) is 4.07. The molecule has 2 saturated carbocycles. The van der Waals surface area contributed by atoms with Gasteiger partial charge in [0.25, 0.3) is 0 Å². The molecule has 9 rings (SSSR count). The molecule has 3 aromatic rings. The second kappa shape index (κ2) is 19.4. The van der Waals surface area contributed by atoms with Crippen LogP contribution >= 0.6 is 19.3 Å². The molecule has 0 radical (unpaired) electrons. The Morgan fingerprint density at radius 3 is 2.39 bits per heavy atom. The Hall–Kier alpha value is -4.30. The quantitative estimate of drug-likeness (QED) is 0.113. The molecule has 4 aliphatic heterocycles. The number of likely N-dealkylation sites (tertiary alicyclic amines) is 1. The number of nitrogens with zero attached hydrogens (tertiary/aromatic N) is 3. The van der Waals surface area contributed by atoms with Gasteiger partial charge in [0.15, 0.2) is 0 Å². The topological polar surface area (TPSA) is 138 Å². The van der Waals surface area contributed by atoms with Gasteiger partial charge in [-0.1, -0.05) is 67.6 Å². The lowest BCUT2D eigenvalue weighted by Gasteiger charge is -2.45. The van der Waals surface area contributed by atoms with Crippen LogP contribution in [-0.4, -0.2) is 112 Å². The molecule has 0 bridgehead atoms. The fourth-order valence-corrected chi connectivity index (χ4v) is 14.1. The van der Waals surface area contributed by atoms with Gasteiger partial charge in [-0.3, -0.25) is 23.7 Å². The van der Waals surface area contributed by atoms with Gasteiger partial charge in [-0.2, -0.15) is 0 Å². The van der Waals surface area contributed by atoms with Crippen LogP contribution in [0, 0.1) is 0 Å². The molecule has 0 aromatic heterocycles. The molecule has 5 fully saturated rings. The van der Waals surface area contributed by atoms with Crippen LogP contribution in [0.5, 0.6) is 5.75 Å². The first kappa shape index (κ1) is 46.8. The maximum atomic E-state index is 16.7. The number of nitrogens with one attached hydrogen (secondary N) is 2. The van der Waals surface area contributed by atoms with Crippen molar-refractivity contribution in [3.8, 4) is 5.75 Å². The SMILES string of the molecule is CCCOC(=O)[C@H](C)N[P@](=O)(Oc1ccccc1)[C@@H](F)c1ccc2c(c1)CC(C(=O)N[C@H]1CC[C@H](N(C)C3CC(F)C3)C[C@H]3CC[C@@H](C(=O)N4C[C@H](c5ccccc5)CC45CC5)N3C1=O)S2. The van der Waals surface area contributed by atoms with E-state index >= 15 is 4.39 Å². The van der Waals surface area contributed by atoms with Crippen molar-refractivity contribution < 1.29 is 41.8 Å². The summed E-state index contributed by atoms with van der Waals surface area (Å²) >= 11 is 1.32. The van der Waals surface area contributed by atoms with Crippen LogP contribution in [0.25, 0.3) is 0 Å². The number of benzene rings is 3. The van der Waals surface area contributed by atoms with E-state index in [1.807, 2.05) is 37.1 Å². The van der Waals surface area contributed by atoms with E-state index in [0.29, 0.717) is 63.5 Å². The van der Waals surface area contributed by atoms with Crippen LogP contribution in [0.2, 0.25) is 0 Å². The fourth-order valence-electron chi connectivity index (χ4n) is 11.0. The van der Waals surface area contributed by atoms with Gasteiger partial charge in [0.05, 0.1) is 11.9 Å². The molecule has 3 saturated heterocycles. The molecule has 66 heavy (non-hydrogen) atoms. The molecule has 3 amide bonds. The molecule has 12 nitrogen and oxygen atoms in total. The molecular weight excluding hydrogens is 884 g/mol. The standard InChI is InChI=1S/C50H62F2N5O7PS/c1-4-23-63-49(61)31(2)54-65(62,64-40-13-9-6-10-14-40)45(52)33-15-20-43-34(24-33)25-44(66-43)46(58)53-41-18-16-37(55(3)39-26-36(51)27-39)28-38-17-19-42(57(38)47(41)59)48(60)56-30-35(29-50(56)21-22-50)32-11-7-5-8-12-32/h5-15,20,24,31,35-39,41-42,44-45H,4,16-19,21-23,25-30H2,1-3H3,(H,53,58)(H,54,62)/t31-,35+,36?,37-,38+,39?,41-,42-,44?,45+,65+/m0/s1. The third-order valence-corrected chi connectivity index (χ3v) is 18.4. The highest BCUT2D eigenvalue weighted by molar-refractivity contribution is 8.01. The number of alkyl halides is 2. The Bertz CT molecular complexity index is 2320. The van der Waals surface area contributed by atoms with Crippen molar-refractivity contribution in [2.75, 3.05) is 20.2 Å². The highest BCUT2D eigenvalue weighted by atomic mass is 32.2. The lowest BCUT2D eigenvalue weighted by atomic mass is 9.86. The van der Waals surface area contributed by atoms with Crippen LogP contribution in [0.15, 0.2) is 83.8 Å². The minimum absolute atomic E-state index is 0.000156. The molecule has 1 spiro atoms. The van der Waals surface area contributed by atoms with Crippen LogP contribution in [0.4, 0.5) is 8.78 Å². The Balaban J connectivity index is 0.917. The molecule has 6 aliphatic rings. The molecule has 2 N–H and O–H groups in total. The van der Waals surface area contributed by atoms with Crippen molar-refractivity contribution in [3.63, 3.8) is 0 Å². The number of carbonyl (C=O) groups excluding carboxylic acids is 4. The monoisotopic (exact) mass is 945 g/mol. The maximum absolute atomic E-state index is 16.7. The number of ether oxygens (including phenoxy) is 1. The molecule has 4 heterocycles. The summed E-state index contributed by atoms with van der Waals surface area (Å²) in [7, 11) is -2.42. The number of halogens is 2. The van der Waals surface area contributed by atoms with E-state index in [1.165, 1.54) is 30.3 Å². The number of para-hydroxylation sites is 1. The zero-order valence-electron chi connectivity index (χ0n) is 38.0. The van der Waals surface area contributed by atoms with Gasteiger partial charge in [0, 0.05) is 41.0 Å². The zero-order chi connectivity index (χ0) is 46.3. The van der Waals surface area contributed by atoms with E-state index in [0.717, 1.165) is 24.2 Å². The second-order valence-corrected chi connectivity index (χ2v) is 22.8. The number of esters is 1. The lowest BCUT2D eigenvalue weighted by molar-refractivity contribution is -0.149. The number of hydrogen-bond donors (Lipinski definition) is 2. The van der Waals surface area contributed by atoms with E-state index in [4.69, 9.17) is 9.26 Å². The smallest absolute Gasteiger partial charge is 0.355 e. The number of fused-ring (bicyclic) bond motifs is 2. The average Bonchev–Trinajstić information content (AvgIpc) is 3.58. The van der Waals surface area contributed by atoms with Crippen molar-refractivity contribution in [1.82, 2.24) is 25.1 Å². The van der Waals surface area contributed by atoms with Gasteiger partial charge in [-0.05, 0) is 126 Å². The fraction of sp³-hybridized carbons (Fsp3) is 0.560. The van der Waals surface area contributed by atoms with E-state index in [1.54, 1.807) is 42.5 Å². The van der Waals surface area contributed by atoms with E-state index in [9.17, 15) is 28.1 Å². The van der Waals surface area contributed by atoms with Crippen molar-refractivity contribution in [2.24, 2.45) is 0 Å². The van der Waals surface area contributed by atoms with Gasteiger partial charge >= 0.3 is 13.5 Å². The highest BCUT2D eigenvalue weighted by Gasteiger charge is 2.59. The first-order valence-electron chi connectivity index (χ1n) is 23.8. The summed E-state index contributed by atoms with van der Waals surface area (Å²) in [6, 6.07) is 20.6. The van der Waals surface area contributed by atoms with E-state index in [2.05, 4.69) is 32.3 Å². The summed E-state index contributed by atoms with van der Waals surface area (Å²) < 4.78 is 56.3. The Morgan fingerprint density at radius 1 is 0.970 bits per heavy atom. The summed E-state index contributed by atoms with van der Waals surface area (Å²) in [6.07, 6.45) is 6.70. The van der Waals surface area contributed by atoms with Crippen LogP contribution < -0.4 is 14.9 Å². The van der Waals surface area contributed by atoms with Crippen molar-refractivity contribution >= 4 is 43.0 Å². The third kappa shape index (κ3) is 9.56. The van der Waals surface area contributed by atoms with Crippen LogP contribution in [0.1, 0.15) is 113 Å². The highest BCUT2D eigenvalue weighted by Crippen LogP contribution is 2.59. The predicted molar refractivity (Wildman–Crippen MR) is 249 cm³/mol. The van der Waals surface area contributed by atoms with Gasteiger partial charge < -0.3 is 29.3 Å². The maximum Gasteiger partial charge on any atom is 0.355 e. The minimum Gasteiger partial charge on any atom is -0.465 e. The zero-order valence-corrected chi connectivity index (χ0v) is 39.7. The van der Waals surface area contributed by atoms with Gasteiger partial charge in [0.2, 0.25) is 23.6 Å². The summed E-state index contributed by atoms with van der Waals surface area (Å²) in [5.41, 5.74) is 1.79. The average molecular weight is 946 g/mol. The summed E-state index contributed by atoms with van der Waals surface area (Å²) in [5, 5.41) is 5.11. The Labute approximate surface area is 390 Å². The number of thioether (sulfide) groups is 1. The normalized spacial score (nSPS) is 29.5. The van der Waals surface area contributed by atoms with Crippen LogP contribution in [0.3, 0.4) is 0 Å². The molecular formula is C50H62F2N5O7PS. The second-order valence-electron chi connectivity index (χ2n) is 19.4. The van der Waals surface area contributed by atoms with Crippen molar-refractivity contribution in [1.29, 1.82) is 0 Å². The van der Waals surface area contributed by atoms with Crippen molar-refractivity contribution in [3.05, 3.63) is 95.6 Å². The third-order valence-electron chi connectivity index (χ3n) is 14.9. The number of rotatable bonds is 15. The van der Waals surface area contributed by atoms with Crippen LogP contribution in [-0.2, 0) is 34.9 Å². The predicted octanol–water partition coefficient (Wildman–Crippen LogP) is 8.25. The van der Waals surface area contributed by atoms with Gasteiger partial charge in [-0.25, -0.2) is 13.9 Å². The van der Waals surface area contributed by atoms with Crippen molar-refractivity contribution in [2.45, 2.75) is 161 Å². The van der Waals surface area contributed by atoms with E-state index < -0.39 is 48.9 Å². The Kier molecular flexibility index (Phi) is 13.7. The molecule has 3 aromatic carbocycles. The van der Waals surface area contributed by atoms with Gasteiger partial charge in [0.1, 0.15) is 30.0 Å². The largest absolute Gasteiger partial charge is 0.465 e. The molecule has 354 valence electrons. The number of hydrogen-bond acceptors (Lipinski definition) is 9. The first-order chi connectivity index (χ1) is 31.8. The number of carbonyl (C=O) groups is 4. The molecule has 1 unspecified atom stereocenters. The molecule has 16 heteroatoms. The first-order valence-corrected chi connectivity index (χ1v) is 26.4. The molecule has 2 aliphatic carbocycles. The molecule has 9 atom stereocenters.